The lowest BCUT2D eigenvalue weighted by Crippen LogP contribution is -2.52. The fourth-order valence-corrected chi connectivity index (χ4v) is 2.51. The minimum absolute atomic E-state index is 0.180. The summed E-state index contributed by atoms with van der Waals surface area (Å²) in [5.41, 5.74) is 0. The number of carbonyl (C=O) groups excluding carboxylic acids is 1. The zero-order valence-corrected chi connectivity index (χ0v) is 12.6. The van der Waals surface area contributed by atoms with E-state index in [0.29, 0.717) is 12.5 Å². The van der Waals surface area contributed by atoms with E-state index >= 15 is 0 Å². The van der Waals surface area contributed by atoms with Crippen molar-refractivity contribution >= 4 is 5.97 Å². The maximum atomic E-state index is 11.8. The molecule has 19 heavy (non-hydrogen) atoms. The van der Waals surface area contributed by atoms with Gasteiger partial charge in [-0.3, -0.25) is 9.69 Å². The zero-order valence-electron chi connectivity index (χ0n) is 12.6. The van der Waals surface area contributed by atoms with Crippen molar-refractivity contribution < 1.29 is 14.3 Å². The average molecular weight is 272 g/mol. The number of piperidine rings is 1. The Labute approximate surface area is 116 Å². The van der Waals surface area contributed by atoms with Gasteiger partial charge in [0.05, 0.1) is 13.2 Å². The van der Waals surface area contributed by atoms with E-state index < -0.39 is 0 Å². The van der Waals surface area contributed by atoms with E-state index in [9.17, 15) is 4.79 Å². The van der Waals surface area contributed by atoms with Crippen molar-refractivity contribution in [2.75, 3.05) is 40.4 Å². The molecule has 0 bridgehead atoms. The highest BCUT2D eigenvalue weighted by atomic mass is 16.5. The van der Waals surface area contributed by atoms with Crippen molar-refractivity contribution in [3.05, 3.63) is 0 Å². The third-order valence-corrected chi connectivity index (χ3v) is 3.84. The number of hydrogen-bond donors (Lipinski definition) is 1. The van der Waals surface area contributed by atoms with Gasteiger partial charge in [0, 0.05) is 20.2 Å². The van der Waals surface area contributed by atoms with Crippen LogP contribution in [0, 0.1) is 5.92 Å². The van der Waals surface area contributed by atoms with Gasteiger partial charge in [-0.1, -0.05) is 13.8 Å². The van der Waals surface area contributed by atoms with Crippen molar-refractivity contribution in [2.45, 2.75) is 38.8 Å². The summed E-state index contributed by atoms with van der Waals surface area (Å²) in [5.74, 6) is 0.405. The third-order valence-electron chi connectivity index (χ3n) is 3.84. The van der Waals surface area contributed by atoms with Gasteiger partial charge in [0.2, 0.25) is 0 Å². The summed E-state index contributed by atoms with van der Waals surface area (Å²) >= 11 is 0. The van der Waals surface area contributed by atoms with Crippen LogP contribution < -0.4 is 5.32 Å². The number of methoxy groups -OCH3 is 2. The number of nitrogens with zero attached hydrogens (tertiary/aromatic N) is 1. The smallest absolute Gasteiger partial charge is 0.324 e. The molecule has 1 rings (SSSR count). The van der Waals surface area contributed by atoms with E-state index in [1.807, 2.05) is 0 Å². The largest absolute Gasteiger partial charge is 0.468 e. The molecule has 3 unspecified atom stereocenters. The molecule has 0 spiro atoms. The van der Waals surface area contributed by atoms with Gasteiger partial charge in [-0.15, -0.1) is 0 Å². The van der Waals surface area contributed by atoms with Crippen LogP contribution in [0.3, 0.4) is 0 Å². The number of likely N-dealkylation sites (tertiary alicyclic amines) is 1. The summed E-state index contributed by atoms with van der Waals surface area (Å²) in [7, 11) is 3.21. The maximum Gasteiger partial charge on any atom is 0.324 e. The van der Waals surface area contributed by atoms with Gasteiger partial charge in [0.15, 0.2) is 0 Å². The molecule has 0 aliphatic carbocycles. The lowest BCUT2D eigenvalue weighted by atomic mass is 9.95. The normalized spacial score (nSPS) is 26.1. The maximum absolute atomic E-state index is 11.8. The number of rotatable bonds is 7. The first-order chi connectivity index (χ1) is 9.12. The summed E-state index contributed by atoms with van der Waals surface area (Å²) < 4.78 is 10.4. The predicted octanol–water partition coefficient (Wildman–Crippen LogP) is 0.884. The molecule has 1 heterocycles. The molecule has 0 aromatic heterocycles. The Kier molecular flexibility index (Phi) is 7.34. The Morgan fingerprint density at radius 2 is 2.21 bits per heavy atom. The Balaban J connectivity index is 2.51. The molecule has 0 radical (unpaired) electrons. The number of esters is 1. The number of carbonyl (C=O) groups is 1. The molecule has 0 aromatic carbocycles. The first kappa shape index (κ1) is 16.4. The van der Waals surface area contributed by atoms with Crippen LogP contribution in [0.1, 0.15) is 26.7 Å². The first-order valence-electron chi connectivity index (χ1n) is 7.18. The van der Waals surface area contributed by atoms with Crippen LogP contribution in [-0.4, -0.2) is 63.4 Å². The van der Waals surface area contributed by atoms with Crippen molar-refractivity contribution in [1.82, 2.24) is 10.2 Å². The summed E-state index contributed by atoms with van der Waals surface area (Å²) in [6, 6.07) is -0.240. The van der Waals surface area contributed by atoms with Gasteiger partial charge in [-0.25, -0.2) is 0 Å². The Morgan fingerprint density at radius 3 is 2.79 bits per heavy atom. The van der Waals surface area contributed by atoms with Crippen molar-refractivity contribution in [1.29, 1.82) is 0 Å². The van der Waals surface area contributed by atoms with Crippen LogP contribution in [0.5, 0.6) is 0 Å². The van der Waals surface area contributed by atoms with E-state index in [-0.39, 0.29) is 18.1 Å². The summed E-state index contributed by atoms with van der Waals surface area (Å²) in [6.07, 6.45) is 2.38. The fourth-order valence-electron chi connectivity index (χ4n) is 2.51. The second-order valence-corrected chi connectivity index (χ2v) is 5.33. The van der Waals surface area contributed by atoms with Crippen molar-refractivity contribution in [2.24, 2.45) is 5.92 Å². The van der Waals surface area contributed by atoms with Gasteiger partial charge in [-0.05, 0) is 31.8 Å². The van der Waals surface area contributed by atoms with Crippen LogP contribution >= 0.6 is 0 Å². The van der Waals surface area contributed by atoms with E-state index in [2.05, 4.69) is 24.1 Å². The van der Waals surface area contributed by atoms with E-state index in [0.717, 1.165) is 32.5 Å². The quantitative estimate of drug-likeness (QED) is 0.697. The number of nitrogens with one attached hydrogen (secondary N) is 1. The summed E-state index contributed by atoms with van der Waals surface area (Å²) in [4.78, 5) is 14.1. The Bertz CT molecular complexity index is 273. The molecule has 1 fully saturated rings. The van der Waals surface area contributed by atoms with Gasteiger partial charge in [-0.2, -0.15) is 0 Å². The number of ether oxygens (including phenoxy) is 2. The monoisotopic (exact) mass is 272 g/mol. The highest BCUT2D eigenvalue weighted by molar-refractivity contribution is 5.75. The van der Waals surface area contributed by atoms with E-state index in [1.165, 1.54) is 7.11 Å². The molecule has 0 amide bonds. The lowest BCUT2D eigenvalue weighted by molar-refractivity contribution is -0.144. The Hall–Kier alpha value is -0.650. The lowest BCUT2D eigenvalue weighted by Gasteiger charge is -2.37. The predicted molar refractivity (Wildman–Crippen MR) is 75.1 cm³/mol. The van der Waals surface area contributed by atoms with Crippen LogP contribution in [-0.2, 0) is 14.3 Å². The SMILES string of the molecule is CCCNC(CN1CCC(C)C(OC)C1)C(=O)OC. The van der Waals surface area contributed by atoms with Gasteiger partial charge in [0.1, 0.15) is 6.04 Å². The first-order valence-corrected chi connectivity index (χ1v) is 7.18. The third kappa shape index (κ3) is 5.09. The molecule has 0 saturated carbocycles. The summed E-state index contributed by atoms with van der Waals surface area (Å²) in [6.45, 7) is 7.74. The van der Waals surface area contributed by atoms with Crippen molar-refractivity contribution in [3.63, 3.8) is 0 Å². The topological polar surface area (TPSA) is 50.8 Å². The fraction of sp³-hybridized carbons (Fsp3) is 0.929. The van der Waals surface area contributed by atoms with Crippen LogP contribution in [0.2, 0.25) is 0 Å². The minimum atomic E-state index is -0.240. The number of hydrogen-bond acceptors (Lipinski definition) is 5. The molecule has 5 heteroatoms. The van der Waals surface area contributed by atoms with Crippen molar-refractivity contribution in [3.8, 4) is 0 Å². The van der Waals surface area contributed by atoms with Crippen LogP contribution in [0.25, 0.3) is 0 Å². The molecule has 112 valence electrons. The highest BCUT2D eigenvalue weighted by Crippen LogP contribution is 2.19. The molecule has 1 aliphatic rings. The van der Waals surface area contributed by atoms with E-state index in [4.69, 9.17) is 9.47 Å². The average Bonchev–Trinajstić information content (AvgIpc) is 2.44. The van der Waals surface area contributed by atoms with Gasteiger partial charge < -0.3 is 14.8 Å². The van der Waals surface area contributed by atoms with Crippen LogP contribution in [0.4, 0.5) is 0 Å². The molecule has 0 aromatic rings. The molecule has 1 saturated heterocycles. The van der Waals surface area contributed by atoms with Gasteiger partial charge >= 0.3 is 5.97 Å². The standard InChI is InChI=1S/C14H28N2O3/c1-5-7-15-12(14(17)19-4)9-16-8-6-11(2)13(10-16)18-3/h11-13,15H,5-10H2,1-4H3. The Morgan fingerprint density at radius 1 is 1.47 bits per heavy atom. The zero-order chi connectivity index (χ0) is 14.3. The second-order valence-electron chi connectivity index (χ2n) is 5.33. The molecule has 5 nitrogen and oxygen atoms in total. The molecule has 1 aliphatic heterocycles. The second kappa shape index (κ2) is 8.51. The molecular weight excluding hydrogens is 244 g/mol. The van der Waals surface area contributed by atoms with E-state index in [1.54, 1.807) is 7.11 Å². The van der Waals surface area contributed by atoms with Gasteiger partial charge in [0.25, 0.3) is 0 Å². The molecule has 1 N–H and O–H groups in total. The summed E-state index contributed by atoms with van der Waals surface area (Å²) in [5, 5.41) is 3.25. The molecular formula is C14H28N2O3. The molecule has 3 atom stereocenters. The van der Waals surface area contributed by atoms with Crippen LogP contribution in [0.15, 0.2) is 0 Å². The minimum Gasteiger partial charge on any atom is -0.468 e. The highest BCUT2D eigenvalue weighted by Gasteiger charge is 2.29.